The normalized spacial score (nSPS) is 24.4. The number of rotatable bonds is 21. The van der Waals surface area contributed by atoms with Crippen LogP contribution in [0.4, 0.5) is 0 Å². The fraction of sp³-hybridized carbons (Fsp3) is 0.460. The third-order valence-electron chi connectivity index (χ3n) is 11.0. The number of methoxy groups -OCH3 is 1. The molecule has 1 amide bonds. The molecular weight excluding hydrogens is 967 g/mol. The van der Waals surface area contributed by atoms with Gasteiger partial charge in [-0.3, -0.25) is 24.0 Å². The second-order valence-corrected chi connectivity index (χ2v) is 17.3. The minimum atomic E-state index is -2.93. The second kappa shape index (κ2) is 26.5. The quantitative estimate of drug-likeness (QED) is 0.116. The Balaban J connectivity index is 1.77. The molecular formula is C50H57NO20S. The summed E-state index contributed by atoms with van der Waals surface area (Å²) in [5.74, 6) is -11.4. The highest BCUT2D eigenvalue weighted by Crippen LogP contribution is 2.42. The molecule has 2 saturated heterocycles. The monoisotopic (exact) mass is 1020 g/mol. The van der Waals surface area contributed by atoms with Crippen LogP contribution in [0.1, 0.15) is 85.0 Å². The third-order valence-corrected chi connectivity index (χ3v) is 11.8. The Morgan fingerprint density at radius 3 is 1.71 bits per heavy atom. The van der Waals surface area contributed by atoms with Crippen molar-refractivity contribution in [2.75, 3.05) is 26.6 Å². The highest BCUT2D eigenvalue weighted by Gasteiger charge is 2.63. The van der Waals surface area contributed by atoms with Crippen molar-refractivity contribution in [3.8, 4) is 0 Å². The molecule has 5 rings (SSSR count). The maximum Gasteiger partial charge on any atom is 0.366 e. The van der Waals surface area contributed by atoms with Crippen LogP contribution in [0.3, 0.4) is 0 Å². The lowest BCUT2D eigenvalue weighted by atomic mass is 9.87. The molecule has 0 unspecified atom stereocenters. The van der Waals surface area contributed by atoms with E-state index < -0.39 is 139 Å². The summed E-state index contributed by atoms with van der Waals surface area (Å²) in [7, 11) is 0.952. The highest BCUT2D eigenvalue weighted by molar-refractivity contribution is 7.99. The van der Waals surface area contributed by atoms with Crippen molar-refractivity contribution < 1.29 is 95.3 Å². The first kappa shape index (κ1) is 56.0. The largest absolute Gasteiger partial charge is 0.465 e. The van der Waals surface area contributed by atoms with Gasteiger partial charge < -0.3 is 57.4 Å². The maximum atomic E-state index is 14.8. The molecule has 388 valence electrons. The van der Waals surface area contributed by atoms with E-state index in [1.54, 1.807) is 67.8 Å². The first-order chi connectivity index (χ1) is 34.4. The summed E-state index contributed by atoms with van der Waals surface area (Å²) in [4.78, 5) is 121. The van der Waals surface area contributed by atoms with Gasteiger partial charge >= 0.3 is 47.8 Å². The van der Waals surface area contributed by atoms with Crippen LogP contribution in [0.25, 0.3) is 0 Å². The SMILES string of the molecule is CCCC(=O)N[C@H]1[C@H]([C@H](OC(C)=O)[C@@H](COC(C)=O)OC(C)=O)O[C@@](O[C@H]2[C@@H](OC(=O)c3ccccc3)[C@@H](COC(=O)c3ccccc3)O[C@@H](SC)[C@@H]2OC(=O)c2ccccc2)(C(=O)OC)C[C@@H]1OC(C)=O. The van der Waals surface area contributed by atoms with Crippen molar-refractivity contribution in [2.24, 2.45) is 0 Å². The molecule has 1 N–H and O–H groups in total. The zero-order valence-corrected chi connectivity index (χ0v) is 41.4. The molecule has 0 aliphatic carbocycles. The Morgan fingerprint density at radius 2 is 1.22 bits per heavy atom. The Bertz CT molecular complexity index is 2370. The van der Waals surface area contributed by atoms with E-state index >= 15 is 0 Å². The number of carbonyl (C=O) groups is 9. The number of thioether (sulfide) groups is 1. The van der Waals surface area contributed by atoms with Crippen LogP contribution in [-0.4, -0.2) is 146 Å². The number of amides is 1. The van der Waals surface area contributed by atoms with Crippen LogP contribution in [0.15, 0.2) is 91.0 Å². The summed E-state index contributed by atoms with van der Waals surface area (Å²) in [6, 6.07) is 21.7. The summed E-state index contributed by atoms with van der Waals surface area (Å²) in [5.41, 5.74) is -1.05. The van der Waals surface area contributed by atoms with Crippen LogP contribution < -0.4 is 5.32 Å². The summed E-state index contributed by atoms with van der Waals surface area (Å²) in [5, 5.41) is 2.72. The van der Waals surface area contributed by atoms with Crippen LogP contribution in [0.5, 0.6) is 0 Å². The number of hydrogen-bond donors (Lipinski definition) is 1. The minimum Gasteiger partial charge on any atom is -0.465 e. The number of ether oxygens (including phenoxy) is 11. The number of nitrogens with one attached hydrogen (secondary N) is 1. The molecule has 0 spiro atoms. The molecule has 2 fully saturated rings. The van der Waals surface area contributed by atoms with Crippen LogP contribution in [0.2, 0.25) is 0 Å². The number of esters is 8. The summed E-state index contributed by atoms with van der Waals surface area (Å²) in [6.45, 7) is 4.37. The zero-order valence-electron chi connectivity index (χ0n) is 40.5. The van der Waals surface area contributed by atoms with E-state index in [1.165, 1.54) is 36.4 Å². The van der Waals surface area contributed by atoms with Gasteiger partial charge in [-0.2, -0.15) is 0 Å². The van der Waals surface area contributed by atoms with E-state index in [2.05, 4.69) is 5.32 Å². The van der Waals surface area contributed by atoms with Gasteiger partial charge in [0.25, 0.3) is 5.79 Å². The van der Waals surface area contributed by atoms with Crippen molar-refractivity contribution in [1.29, 1.82) is 0 Å². The number of carbonyl (C=O) groups excluding carboxylic acids is 9. The zero-order chi connectivity index (χ0) is 52.5. The topological polar surface area (TPSA) is 267 Å². The van der Waals surface area contributed by atoms with E-state index in [0.717, 1.165) is 46.6 Å². The van der Waals surface area contributed by atoms with Gasteiger partial charge in [-0.1, -0.05) is 61.5 Å². The Labute approximate surface area is 419 Å². The first-order valence-corrected chi connectivity index (χ1v) is 24.0. The lowest BCUT2D eigenvalue weighted by molar-refractivity contribution is -0.349. The predicted octanol–water partition coefficient (Wildman–Crippen LogP) is 4.07. The number of benzene rings is 3. The summed E-state index contributed by atoms with van der Waals surface area (Å²) < 4.78 is 65.8. The lowest BCUT2D eigenvalue weighted by Gasteiger charge is -2.51. The van der Waals surface area contributed by atoms with Gasteiger partial charge in [0.1, 0.15) is 43.1 Å². The van der Waals surface area contributed by atoms with E-state index in [-0.39, 0.29) is 23.1 Å². The molecule has 0 aromatic heterocycles. The smallest absolute Gasteiger partial charge is 0.366 e. The molecule has 2 aliphatic heterocycles. The van der Waals surface area contributed by atoms with Gasteiger partial charge in [-0.15, -0.1) is 11.8 Å². The molecule has 0 radical (unpaired) electrons. The Kier molecular flexibility index (Phi) is 20.7. The fourth-order valence-corrected chi connectivity index (χ4v) is 8.67. The third kappa shape index (κ3) is 15.1. The molecule has 21 nitrogen and oxygen atoms in total. The summed E-state index contributed by atoms with van der Waals surface area (Å²) in [6.07, 6.45) is -13.2. The molecule has 2 heterocycles. The van der Waals surface area contributed by atoms with Gasteiger partial charge in [0.15, 0.2) is 24.4 Å². The molecule has 3 aromatic rings. The van der Waals surface area contributed by atoms with Crippen LogP contribution in [0, 0.1) is 0 Å². The Hall–Kier alpha value is -6.88. The van der Waals surface area contributed by atoms with E-state index in [0.29, 0.717) is 6.42 Å². The van der Waals surface area contributed by atoms with E-state index in [9.17, 15) is 43.2 Å². The molecule has 11 atom stereocenters. The van der Waals surface area contributed by atoms with Crippen LogP contribution in [-0.2, 0) is 80.9 Å². The Morgan fingerprint density at radius 1 is 0.681 bits per heavy atom. The standard InChI is InChI=1S/C50H57NO20S/c1-8-18-38(56)51-39-35(64-29(3)53)25-50(49(60)61-6,70-42(39)40(66-31(5)55)36(65-30(4)54)26-62-28(2)52)71-43-41(68-46(58)33-21-14-10-15-22-33)37(27-63-45(57)32-19-12-9-13-20-32)67-48(72-7)44(43)69-47(59)34-23-16-11-17-24-34/h9-17,19-24,35-37,39-44,48H,8,18,25-27H2,1-7H3,(H,51,56)/t35-,36+,37+,39+,40+,41-,42+,43-,44+,48-,50-/m0/s1. The molecule has 2 aliphatic rings. The van der Waals surface area contributed by atoms with E-state index in [1.807, 2.05) is 0 Å². The van der Waals surface area contributed by atoms with Gasteiger partial charge in [0, 0.05) is 34.1 Å². The highest BCUT2D eigenvalue weighted by atomic mass is 32.2. The van der Waals surface area contributed by atoms with E-state index in [4.69, 9.17) is 52.1 Å². The van der Waals surface area contributed by atoms with Crippen LogP contribution >= 0.6 is 11.8 Å². The van der Waals surface area contributed by atoms with Crippen molar-refractivity contribution in [3.63, 3.8) is 0 Å². The van der Waals surface area contributed by atoms with Crippen molar-refractivity contribution >= 4 is 65.4 Å². The summed E-state index contributed by atoms with van der Waals surface area (Å²) >= 11 is 0.990. The molecule has 0 saturated carbocycles. The molecule has 0 bridgehead atoms. The molecule has 3 aromatic carbocycles. The molecule has 22 heteroatoms. The average molecular weight is 1020 g/mol. The van der Waals surface area contributed by atoms with Gasteiger partial charge in [-0.05, 0) is 49.1 Å². The van der Waals surface area contributed by atoms with Crippen molar-refractivity contribution in [2.45, 2.75) is 120 Å². The van der Waals surface area contributed by atoms with Crippen molar-refractivity contribution in [3.05, 3.63) is 108 Å². The fourth-order valence-electron chi connectivity index (χ4n) is 7.94. The number of hydrogen-bond acceptors (Lipinski definition) is 21. The van der Waals surface area contributed by atoms with Gasteiger partial charge in [-0.25, -0.2) is 19.2 Å². The van der Waals surface area contributed by atoms with Crippen molar-refractivity contribution in [1.82, 2.24) is 5.32 Å². The first-order valence-electron chi connectivity index (χ1n) is 22.7. The van der Waals surface area contributed by atoms with Gasteiger partial charge in [0.05, 0.1) is 36.3 Å². The predicted molar refractivity (Wildman–Crippen MR) is 249 cm³/mol. The van der Waals surface area contributed by atoms with Gasteiger partial charge in [0.2, 0.25) is 5.91 Å². The maximum absolute atomic E-state index is 14.8. The lowest BCUT2D eigenvalue weighted by Crippen LogP contribution is -2.71. The molecule has 72 heavy (non-hydrogen) atoms. The second-order valence-electron chi connectivity index (χ2n) is 16.3. The minimum absolute atomic E-state index is 0.0202. The average Bonchev–Trinajstić information content (AvgIpc) is 3.35.